The average Bonchev–Trinajstić information content (AvgIpc) is 2.93. The van der Waals surface area contributed by atoms with Crippen LogP contribution in [0.4, 0.5) is 26.3 Å². The van der Waals surface area contributed by atoms with Crippen LogP contribution in [0.25, 0.3) is 0 Å². The second-order valence-corrected chi connectivity index (χ2v) is 4.75. The van der Waals surface area contributed by atoms with E-state index in [4.69, 9.17) is 0 Å². The highest BCUT2D eigenvalue weighted by Gasteiger charge is 2.59. The smallest absolute Gasteiger partial charge is 0.313 e. The minimum Gasteiger partial charge on any atom is -0.313 e. The van der Waals surface area contributed by atoms with Gasteiger partial charge in [0.1, 0.15) is 0 Å². The predicted molar refractivity (Wildman–Crippen MR) is 55.0 cm³/mol. The molecule has 1 unspecified atom stereocenters. The van der Waals surface area contributed by atoms with Gasteiger partial charge in [-0.15, -0.1) is 0 Å². The maximum atomic E-state index is 12.6. The predicted octanol–water partition coefficient (Wildman–Crippen LogP) is 3.90. The van der Waals surface area contributed by atoms with Crippen LogP contribution in [0.5, 0.6) is 0 Å². The molecule has 18 heavy (non-hydrogen) atoms. The molecule has 0 heterocycles. The van der Waals surface area contributed by atoms with Gasteiger partial charge in [0, 0.05) is 6.04 Å². The zero-order chi connectivity index (χ0) is 14.0. The Labute approximate surface area is 102 Å². The highest BCUT2D eigenvalue weighted by Crippen LogP contribution is 2.43. The molecule has 1 nitrogen and oxygen atoms in total. The Kier molecular flexibility index (Phi) is 4.91. The van der Waals surface area contributed by atoms with E-state index in [1.165, 1.54) is 6.92 Å². The van der Waals surface area contributed by atoms with Gasteiger partial charge in [-0.3, -0.25) is 0 Å². The van der Waals surface area contributed by atoms with Crippen molar-refractivity contribution in [2.24, 2.45) is 11.8 Å². The van der Waals surface area contributed by atoms with E-state index >= 15 is 0 Å². The molecule has 0 radical (unpaired) electrons. The first-order chi connectivity index (χ1) is 8.16. The average molecular weight is 277 g/mol. The van der Waals surface area contributed by atoms with Crippen LogP contribution in [-0.4, -0.2) is 24.9 Å². The van der Waals surface area contributed by atoms with E-state index in [0.717, 1.165) is 12.8 Å². The van der Waals surface area contributed by atoms with Gasteiger partial charge in [0.25, 0.3) is 0 Å². The molecule has 0 aliphatic heterocycles. The summed E-state index contributed by atoms with van der Waals surface area (Å²) in [6.45, 7) is 1.60. The number of halogens is 6. The second kappa shape index (κ2) is 5.67. The van der Waals surface area contributed by atoms with Gasteiger partial charge in [0.05, 0.1) is 0 Å². The molecule has 1 fully saturated rings. The minimum absolute atomic E-state index is 0.0812. The van der Waals surface area contributed by atoms with Crippen LogP contribution in [0, 0.1) is 11.8 Å². The molecule has 0 spiro atoms. The van der Waals surface area contributed by atoms with Crippen molar-refractivity contribution in [1.29, 1.82) is 0 Å². The Morgan fingerprint density at radius 1 is 1.06 bits per heavy atom. The van der Waals surface area contributed by atoms with Gasteiger partial charge in [0.15, 0.2) is 5.92 Å². The fourth-order valence-corrected chi connectivity index (χ4v) is 2.11. The SMILES string of the molecule is CCNC(CCC1CC1)C(C(F)(F)F)C(F)(F)F. The lowest BCUT2D eigenvalue weighted by atomic mass is 9.93. The van der Waals surface area contributed by atoms with Gasteiger partial charge in [-0.2, -0.15) is 26.3 Å². The summed E-state index contributed by atoms with van der Waals surface area (Å²) in [5, 5.41) is 2.34. The summed E-state index contributed by atoms with van der Waals surface area (Å²) >= 11 is 0. The highest BCUT2D eigenvalue weighted by atomic mass is 19.4. The third-order valence-corrected chi connectivity index (χ3v) is 3.16. The molecule has 0 aromatic rings. The monoisotopic (exact) mass is 277 g/mol. The summed E-state index contributed by atoms with van der Waals surface area (Å²) in [6.07, 6.45) is -8.32. The van der Waals surface area contributed by atoms with E-state index in [-0.39, 0.29) is 13.0 Å². The van der Waals surface area contributed by atoms with Gasteiger partial charge in [-0.05, 0) is 25.3 Å². The molecule has 0 aromatic carbocycles. The number of hydrogen-bond acceptors (Lipinski definition) is 1. The van der Waals surface area contributed by atoms with E-state index in [1.807, 2.05) is 0 Å². The number of rotatable bonds is 6. The molecule has 7 heteroatoms. The summed E-state index contributed by atoms with van der Waals surface area (Å²) < 4.78 is 75.4. The molecule has 1 aliphatic carbocycles. The van der Waals surface area contributed by atoms with Crippen LogP contribution in [0.2, 0.25) is 0 Å². The third kappa shape index (κ3) is 4.66. The van der Waals surface area contributed by atoms with Crippen molar-refractivity contribution in [3.63, 3.8) is 0 Å². The van der Waals surface area contributed by atoms with Crippen molar-refractivity contribution in [1.82, 2.24) is 5.32 Å². The van der Waals surface area contributed by atoms with Gasteiger partial charge < -0.3 is 5.32 Å². The Morgan fingerprint density at radius 2 is 1.56 bits per heavy atom. The standard InChI is InChI=1S/C11H17F6N/c1-2-18-8(6-5-7-3-4-7)9(10(12,13)14)11(15,16)17/h7-9,18H,2-6H2,1H3. The summed E-state index contributed by atoms with van der Waals surface area (Å²) in [6, 6.07) is -1.57. The van der Waals surface area contributed by atoms with E-state index in [0.29, 0.717) is 12.3 Å². The zero-order valence-electron chi connectivity index (χ0n) is 10.0. The lowest BCUT2D eigenvalue weighted by molar-refractivity contribution is -0.292. The van der Waals surface area contributed by atoms with E-state index in [9.17, 15) is 26.3 Å². The topological polar surface area (TPSA) is 12.0 Å². The van der Waals surface area contributed by atoms with Crippen LogP contribution >= 0.6 is 0 Å². The number of hydrogen-bond donors (Lipinski definition) is 1. The van der Waals surface area contributed by atoms with E-state index in [2.05, 4.69) is 5.32 Å². The van der Waals surface area contributed by atoms with Crippen LogP contribution in [0.3, 0.4) is 0 Å². The molecule has 1 saturated carbocycles. The molecule has 0 saturated heterocycles. The van der Waals surface area contributed by atoms with Crippen LogP contribution in [0.15, 0.2) is 0 Å². The summed E-state index contributed by atoms with van der Waals surface area (Å²) in [7, 11) is 0. The van der Waals surface area contributed by atoms with Crippen molar-refractivity contribution in [3.05, 3.63) is 0 Å². The Balaban J connectivity index is 2.74. The largest absolute Gasteiger partial charge is 0.401 e. The normalized spacial score (nSPS) is 19.3. The molecule has 108 valence electrons. The van der Waals surface area contributed by atoms with Crippen LogP contribution in [0.1, 0.15) is 32.6 Å². The van der Waals surface area contributed by atoms with Gasteiger partial charge in [-0.1, -0.05) is 19.8 Å². The van der Waals surface area contributed by atoms with Crippen LogP contribution in [-0.2, 0) is 0 Å². The van der Waals surface area contributed by atoms with E-state index < -0.39 is 24.3 Å². The maximum absolute atomic E-state index is 12.6. The van der Waals surface area contributed by atoms with Crippen molar-refractivity contribution < 1.29 is 26.3 Å². The van der Waals surface area contributed by atoms with Crippen LogP contribution < -0.4 is 5.32 Å². The Morgan fingerprint density at radius 3 is 1.89 bits per heavy atom. The lowest BCUT2D eigenvalue weighted by Gasteiger charge is -2.31. The summed E-state index contributed by atoms with van der Waals surface area (Å²) in [4.78, 5) is 0. The van der Waals surface area contributed by atoms with Gasteiger partial charge in [-0.25, -0.2) is 0 Å². The maximum Gasteiger partial charge on any atom is 0.401 e. The Hall–Kier alpha value is -0.460. The first-order valence-corrected chi connectivity index (χ1v) is 6.03. The molecule has 0 aromatic heterocycles. The summed E-state index contributed by atoms with van der Waals surface area (Å²) in [5.41, 5.74) is 0. The van der Waals surface area contributed by atoms with Crippen molar-refractivity contribution in [2.75, 3.05) is 6.54 Å². The van der Waals surface area contributed by atoms with Crippen molar-refractivity contribution in [2.45, 2.75) is 51.0 Å². The third-order valence-electron chi connectivity index (χ3n) is 3.16. The van der Waals surface area contributed by atoms with Gasteiger partial charge in [0.2, 0.25) is 0 Å². The van der Waals surface area contributed by atoms with Gasteiger partial charge >= 0.3 is 12.4 Å². The summed E-state index contributed by atoms with van der Waals surface area (Å²) in [5.74, 6) is -2.96. The lowest BCUT2D eigenvalue weighted by Crippen LogP contribution is -2.51. The number of alkyl halides is 6. The van der Waals surface area contributed by atoms with E-state index in [1.54, 1.807) is 0 Å². The van der Waals surface area contributed by atoms with Crippen molar-refractivity contribution in [3.8, 4) is 0 Å². The first kappa shape index (κ1) is 15.6. The molecular weight excluding hydrogens is 260 g/mol. The molecule has 0 bridgehead atoms. The molecule has 0 amide bonds. The highest BCUT2D eigenvalue weighted by molar-refractivity contribution is 4.88. The molecule has 1 atom stereocenters. The molecule has 1 rings (SSSR count). The fourth-order valence-electron chi connectivity index (χ4n) is 2.11. The molecule has 1 aliphatic rings. The zero-order valence-corrected chi connectivity index (χ0v) is 10.0. The second-order valence-electron chi connectivity index (χ2n) is 4.75. The van der Waals surface area contributed by atoms with Crippen molar-refractivity contribution >= 4 is 0 Å². The first-order valence-electron chi connectivity index (χ1n) is 6.03. The number of nitrogens with one attached hydrogen (secondary N) is 1. The Bertz CT molecular complexity index is 241. The molecule has 1 N–H and O–H groups in total. The molecular formula is C11H17F6N. The quantitative estimate of drug-likeness (QED) is 0.726. The minimum atomic E-state index is -5.26. The fraction of sp³-hybridized carbons (Fsp3) is 1.00.